The van der Waals surface area contributed by atoms with Crippen LogP contribution in [0.1, 0.15) is 38.8 Å². The fourth-order valence-corrected chi connectivity index (χ4v) is 3.24. The Morgan fingerprint density at radius 1 is 1.26 bits per heavy atom. The van der Waals surface area contributed by atoms with Gasteiger partial charge in [0.05, 0.1) is 17.0 Å². The first kappa shape index (κ1) is 14.0. The number of hydrogen-bond acceptors (Lipinski definition) is 4. The van der Waals surface area contributed by atoms with Crippen molar-refractivity contribution in [1.82, 2.24) is 19.5 Å². The summed E-state index contributed by atoms with van der Waals surface area (Å²) in [6, 6.07) is 3.78. The van der Waals surface area contributed by atoms with Crippen LogP contribution in [-0.2, 0) is 13.0 Å². The fourth-order valence-electron chi connectivity index (χ4n) is 3.24. The predicted octanol–water partition coefficient (Wildman–Crippen LogP) is 2.45. The maximum absolute atomic E-state index is 12.7. The number of amides is 1. The van der Waals surface area contributed by atoms with Crippen LogP contribution in [0.5, 0.6) is 0 Å². The minimum Gasteiger partial charge on any atom is -0.466 e. The zero-order chi connectivity index (χ0) is 16.1. The van der Waals surface area contributed by atoms with E-state index in [0.29, 0.717) is 24.4 Å². The Labute approximate surface area is 133 Å². The summed E-state index contributed by atoms with van der Waals surface area (Å²) >= 11 is 0. The number of aryl methyl sites for hydroxylation is 3. The highest BCUT2D eigenvalue weighted by Gasteiger charge is 2.26. The van der Waals surface area contributed by atoms with Crippen molar-refractivity contribution >= 4 is 11.6 Å². The van der Waals surface area contributed by atoms with Gasteiger partial charge in [0.2, 0.25) is 0 Å². The largest absolute Gasteiger partial charge is 0.466 e. The molecule has 23 heavy (non-hydrogen) atoms. The molecule has 0 bridgehead atoms. The Bertz CT molecular complexity index is 922. The van der Waals surface area contributed by atoms with Gasteiger partial charge in [-0.1, -0.05) is 0 Å². The molecule has 0 aromatic carbocycles. The molecule has 0 saturated heterocycles. The molecule has 6 heteroatoms. The molecule has 1 aliphatic heterocycles. The summed E-state index contributed by atoms with van der Waals surface area (Å²) in [5, 5.41) is 4.51. The first-order valence-electron chi connectivity index (χ1n) is 7.72. The minimum atomic E-state index is 0.0155. The topological polar surface area (TPSA) is 63.6 Å². The second kappa shape index (κ2) is 4.94. The number of nitrogens with zero attached hydrogens (tertiary/aromatic N) is 4. The molecule has 0 spiro atoms. The van der Waals surface area contributed by atoms with Gasteiger partial charge in [0.25, 0.3) is 5.91 Å². The van der Waals surface area contributed by atoms with Crippen molar-refractivity contribution in [3.8, 4) is 0 Å². The smallest absolute Gasteiger partial charge is 0.257 e. The Kier molecular flexibility index (Phi) is 3.01. The highest BCUT2D eigenvalue weighted by molar-refractivity contribution is 5.95. The van der Waals surface area contributed by atoms with Gasteiger partial charge in [-0.15, -0.1) is 0 Å². The molecule has 3 aromatic heterocycles. The van der Waals surface area contributed by atoms with Gasteiger partial charge in [0.15, 0.2) is 5.65 Å². The molecule has 0 aliphatic carbocycles. The van der Waals surface area contributed by atoms with E-state index in [9.17, 15) is 4.79 Å². The summed E-state index contributed by atoms with van der Waals surface area (Å²) < 4.78 is 7.38. The maximum atomic E-state index is 12.7. The third-order valence-corrected chi connectivity index (χ3v) is 4.33. The molecular formula is C17H18N4O2. The van der Waals surface area contributed by atoms with Crippen molar-refractivity contribution in [3.63, 3.8) is 0 Å². The number of furan rings is 1. The normalized spacial score (nSPS) is 14.3. The molecule has 118 valence electrons. The third-order valence-electron chi connectivity index (χ3n) is 4.33. The van der Waals surface area contributed by atoms with Crippen molar-refractivity contribution in [2.45, 2.75) is 33.7 Å². The number of carbonyl (C=O) groups excluding carboxylic acids is 1. The lowest BCUT2D eigenvalue weighted by atomic mass is 10.1. The van der Waals surface area contributed by atoms with Crippen LogP contribution in [0, 0.1) is 20.8 Å². The number of rotatable bonds is 1. The standard InChI is InChI=1S/C17H18N4O2/c1-10-6-16-18-8-13-9-20(5-4-15(13)21(16)19-10)17(22)14-7-11(2)23-12(14)3/h6-8H,4-5,9H2,1-3H3. The average molecular weight is 310 g/mol. The van der Waals surface area contributed by atoms with Gasteiger partial charge in [-0.05, 0) is 26.8 Å². The van der Waals surface area contributed by atoms with Crippen molar-refractivity contribution in [3.05, 3.63) is 52.4 Å². The number of carbonyl (C=O) groups is 1. The van der Waals surface area contributed by atoms with E-state index in [4.69, 9.17) is 4.42 Å². The van der Waals surface area contributed by atoms with Crippen LogP contribution in [-0.4, -0.2) is 31.9 Å². The molecule has 0 saturated carbocycles. The Morgan fingerprint density at radius 2 is 2.09 bits per heavy atom. The van der Waals surface area contributed by atoms with Gasteiger partial charge in [-0.3, -0.25) is 4.79 Å². The first-order chi connectivity index (χ1) is 11.0. The summed E-state index contributed by atoms with van der Waals surface area (Å²) in [5.41, 5.74) is 4.66. The van der Waals surface area contributed by atoms with E-state index >= 15 is 0 Å². The molecule has 1 aliphatic rings. The molecule has 4 rings (SSSR count). The molecule has 0 N–H and O–H groups in total. The molecular weight excluding hydrogens is 292 g/mol. The summed E-state index contributed by atoms with van der Waals surface area (Å²) in [6.45, 7) is 6.88. The van der Waals surface area contributed by atoms with Crippen LogP contribution in [0.3, 0.4) is 0 Å². The zero-order valence-corrected chi connectivity index (χ0v) is 13.5. The minimum absolute atomic E-state index is 0.0155. The SMILES string of the molecule is Cc1cc2ncc3c(n2n1)CCN(C(=O)c1cc(C)oc1C)C3. The van der Waals surface area contributed by atoms with Gasteiger partial charge in [-0.25, -0.2) is 9.50 Å². The van der Waals surface area contributed by atoms with Gasteiger partial charge < -0.3 is 9.32 Å². The van der Waals surface area contributed by atoms with Gasteiger partial charge in [0.1, 0.15) is 11.5 Å². The van der Waals surface area contributed by atoms with E-state index in [-0.39, 0.29) is 5.91 Å². The highest BCUT2D eigenvalue weighted by atomic mass is 16.3. The van der Waals surface area contributed by atoms with Gasteiger partial charge in [0, 0.05) is 37.3 Å². The molecule has 0 radical (unpaired) electrons. The van der Waals surface area contributed by atoms with E-state index in [0.717, 1.165) is 34.8 Å². The molecule has 0 atom stereocenters. The third kappa shape index (κ3) is 2.21. The Balaban J connectivity index is 1.67. The van der Waals surface area contributed by atoms with E-state index in [1.807, 2.05) is 48.5 Å². The summed E-state index contributed by atoms with van der Waals surface area (Å²) in [4.78, 5) is 19.0. The maximum Gasteiger partial charge on any atom is 0.257 e. The lowest BCUT2D eigenvalue weighted by Crippen LogP contribution is -2.37. The van der Waals surface area contributed by atoms with Gasteiger partial charge in [-0.2, -0.15) is 5.10 Å². The summed E-state index contributed by atoms with van der Waals surface area (Å²) in [5.74, 6) is 1.45. The van der Waals surface area contributed by atoms with Crippen LogP contribution < -0.4 is 0 Å². The monoisotopic (exact) mass is 310 g/mol. The second-order valence-electron chi connectivity index (χ2n) is 6.09. The number of aromatic nitrogens is 3. The number of hydrogen-bond donors (Lipinski definition) is 0. The van der Waals surface area contributed by atoms with Crippen molar-refractivity contribution in [2.75, 3.05) is 6.54 Å². The van der Waals surface area contributed by atoms with Crippen LogP contribution in [0.15, 0.2) is 22.7 Å². The van der Waals surface area contributed by atoms with Crippen LogP contribution in [0.2, 0.25) is 0 Å². The average Bonchev–Trinajstić information content (AvgIpc) is 3.07. The van der Waals surface area contributed by atoms with E-state index in [1.54, 1.807) is 0 Å². The summed E-state index contributed by atoms with van der Waals surface area (Å²) in [6.07, 6.45) is 2.63. The quantitative estimate of drug-likeness (QED) is 0.692. The Hall–Kier alpha value is -2.63. The molecule has 6 nitrogen and oxygen atoms in total. The van der Waals surface area contributed by atoms with Crippen LogP contribution in [0.4, 0.5) is 0 Å². The van der Waals surface area contributed by atoms with Crippen molar-refractivity contribution < 1.29 is 9.21 Å². The van der Waals surface area contributed by atoms with Crippen LogP contribution >= 0.6 is 0 Å². The second-order valence-corrected chi connectivity index (χ2v) is 6.09. The first-order valence-corrected chi connectivity index (χ1v) is 7.72. The Morgan fingerprint density at radius 3 is 2.83 bits per heavy atom. The van der Waals surface area contributed by atoms with E-state index in [2.05, 4.69) is 10.1 Å². The molecule has 1 amide bonds. The molecule has 0 unspecified atom stereocenters. The van der Waals surface area contributed by atoms with Gasteiger partial charge >= 0.3 is 0 Å². The van der Waals surface area contributed by atoms with Crippen molar-refractivity contribution in [1.29, 1.82) is 0 Å². The highest BCUT2D eigenvalue weighted by Crippen LogP contribution is 2.23. The number of fused-ring (bicyclic) bond motifs is 3. The summed E-state index contributed by atoms with van der Waals surface area (Å²) in [7, 11) is 0. The molecule has 3 aromatic rings. The van der Waals surface area contributed by atoms with E-state index < -0.39 is 0 Å². The van der Waals surface area contributed by atoms with E-state index in [1.165, 1.54) is 0 Å². The fraction of sp³-hybridized carbons (Fsp3) is 0.353. The predicted molar refractivity (Wildman–Crippen MR) is 84.4 cm³/mol. The lowest BCUT2D eigenvalue weighted by molar-refractivity contribution is 0.0731. The molecule has 0 fully saturated rings. The lowest BCUT2D eigenvalue weighted by Gasteiger charge is -2.28. The molecule has 4 heterocycles. The van der Waals surface area contributed by atoms with Crippen LogP contribution in [0.25, 0.3) is 5.65 Å². The zero-order valence-electron chi connectivity index (χ0n) is 13.5. The van der Waals surface area contributed by atoms with Crippen molar-refractivity contribution in [2.24, 2.45) is 0 Å².